The molecule has 0 fully saturated rings. The SMILES string of the molecule is CCOC(=O)c1ccc(NCCCS(C)(=O)=O)nc1. The van der Waals surface area contributed by atoms with Gasteiger partial charge in [0.25, 0.3) is 0 Å². The van der Waals surface area contributed by atoms with Gasteiger partial charge in [0.05, 0.1) is 17.9 Å². The van der Waals surface area contributed by atoms with Gasteiger partial charge in [-0.25, -0.2) is 18.2 Å². The Morgan fingerprint density at radius 3 is 2.68 bits per heavy atom. The molecule has 0 bridgehead atoms. The number of hydrogen-bond donors (Lipinski definition) is 1. The van der Waals surface area contributed by atoms with Crippen LogP contribution in [0.5, 0.6) is 0 Å². The van der Waals surface area contributed by atoms with Crippen LogP contribution in [0.4, 0.5) is 5.82 Å². The number of nitrogens with one attached hydrogen (secondary N) is 1. The van der Waals surface area contributed by atoms with E-state index in [-0.39, 0.29) is 5.75 Å². The summed E-state index contributed by atoms with van der Waals surface area (Å²) in [6.45, 7) is 2.58. The highest BCUT2D eigenvalue weighted by Gasteiger charge is 2.06. The summed E-state index contributed by atoms with van der Waals surface area (Å²) in [5.74, 6) is 0.334. The number of esters is 1. The van der Waals surface area contributed by atoms with Crippen molar-refractivity contribution < 1.29 is 17.9 Å². The minimum Gasteiger partial charge on any atom is -0.462 e. The fourth-order valence-corrected chi connectivity index (χ4v) is 2.05. The van der Waals surface area contributed by atoms with E-state index in [9.17, 15) is 13.2 Å². The van der Waals surface area contributed by atoms with Crippen molar-refractivity contribution in [2.45, 2.75) is 13.3 Å². The van der Waals surface area contributed by atoms with Gasteiger partial charge in [-0.3, -0.25) is 0 Å². The molecule has 106 valence electrons. The van der Waals surface area contributed by atoms with Crippen molar-refractivity contribution in [3.63, 3.8) is 0 Å². The normalized spacial score (nSPS) is 11.1. The molecule has 0 spiro atoms. The highest BCUT2D eigenvalue weighted by Crippen LogP contribution is 2.06. The Hall–Kier alpha value is -1.63. The maximum Gasteiger partial charge on any atom is 0.339 e. The molecule has 1 N–H and O–H groups in total. The standard InChI is InChI=1S/C12H18N2O4S/c1-3-18-12(15)10-5-6-11(14-9-10)13-7-4-8-19(2,16)17/h5-6,9H,3-4,7-8H2,1-2H3,(H,13,14). The van der Waals surface area contributed by atoms with Crippen LogP contribution in [0.15, 0.2) is 18.3 Å². The fourth-order valence-electron chi connectivity index (χ4n) is 1.38. The number of carbonyl (C=O) groups is 1. The third-order valence-corrected chi connectivity index (χ3v) is 3.30. The van der Waals surface area contributed by atoms with Gasteiger partial charge in [0.2, 0.25) is 0 Å². The lowest BCUT2D eigenvalue weighted by atomic mass is 10.3. The molecule has 0 atom stereocenters. The molecule has 0 aliphatic heterocycles. The highest BCUT2D eigenvalue weighted by molar-refractivity contribution is 7.90. The molecule has 6 nitrogen and oxygen atoms in total. The van der Waals surface area contributed by atoms with Gasteiger partial charge in [-0.05, 0) is 25.5 Å². The van der Waals surface area contributed by atoms with Crippen LogP contribution < -0.4 is 5.32 Å². The Morgan fingerprint density at radius 1 is 1.42 bits per heavy atom. The number of rotatable bonds is 7. The molecule has 0 amide bonds. The molecule has 7 heteroatoms. The van der Waals surface area contributed by atoms with Crippen molar-refractivity contribution in [2.75, 3.05) is 30.5 Å². The number of carbonyl (C=O) groups excluding carboxylic acids is 1. The van der Waals surface area contributed by atoms with Gasteiger partial charge >= 0.3 is 5.97 Å². The third kappa shape index (κ3) is 6.19. The highest BCUT2D eigenvalue weighted by atomic mass is 32.2. The lowest BCUT2D eigenvalue weighted by Gasteiger charge is -2.06. The van der Waals surface area contributed by atoms with E-state index in [0.29, 0.717) is 31.0 Å². The molecular weight excluding hydrogens is 268 g/mol. The smallest absolute Gasteiger partial charge is 0.339 e. The van der Waals surface area contributed by atoms with E-state index in [1.165, 1.54) is 12.5 Å². The van der Waals surface area contributed by atoms with Crippen LogP contribution in [0, 0.1) is 0 Å². The lowest BCUT2D eigenvalue weighted by Crippen LogP contribution is -2.11. The lowest BCUT2D eigenvalue weighted by molar-refractivity contribution is 0.0526. The first-order valence-electron chi connectivity index (χ1n) is 5.97. The molecule has 0 aromatic carbocycles. The zero-order chi connectivity index (χ0) is 14.3. The second-order valence-corrected chi connectivity index (χ2v) is 6.32. The maximum absolute atomic E-state index is 11.4. The summed E-state index contributed by atoms with van der Waals surface area (Å²) in [7, 11) is -2.92. The molecule has 1 rings (SSSR count). The van der Waals surface area contributed by atoms with Gasteiger partial charge in [0, 0.05) is 19.0 Å². The van der Waals surface area contributed by atoms with Gasteiger partial charge in [-0.15, -0.1) is 0 Å². The Labute approximate surface area is 113 Å². The summed E-state index contributed by atoms with van der Waals surface area (Å²) in [5, 5.41) is 2.99. The average Bonchev–Trinajstić information content (AvgIpc) is 2.34. The topological polar surface area (TPSA) is 85.4 Å². The minimum atomic E-state index is -2.92. The van der Waals surface area contributed by atoms with Gasteiger partial charge in [0.15, 0.2) is 0 Å². The molecule has 0 saturated heterocycles. The van der Waals surface area contributed by atoms with E-state index in [2.05, 4.69) is 10.3 Å². The molecule has 1 heterocycles. The molecule has 0 aliphatic rings. The number of ether oxygens (including phenoxy) is 1. The van der Waals surface area contributed by atoms with Crippen LogP contribution in [0.1, 0.15) is 23.7 Å². The van der Waals surface area contributed by atoms with Crippen molar-refractivity contribution in [1.82, 2.24) is 4.98 Å². The number of pyridine rings is 1. The molecule has 19 heavy (non-hydrogen) atoms. The van der Waals surface area contributed by atoms with Gasteiger partial charge in [-0.2, -0.15) is 0 Å². The minimum absolute atomic E-state index is 0.140. The maximum atomic E-state index is 11.4. The van der Waals surface area contributed by atoms with E-state index in [0.717, 1.165) is 0 Å². The van der Waals surface area contributed by atoms with Crippen LogP contribution in [-0.2, 0) is 14.6 Å². The van der Waals surface area contributed by atoms with Crippen molar-refractivity contribution in [1.29, 1.82) is 0 Å². The Kier molecular flexibility index (Phi) is 5.75. The largest absolute Gasteiger partial charge is 0.462 e. The number of sulfone groups is 1. The molecule has 0 unspecified atom stereocenters. The Balaban J connectivity index is 2.42. The first-order valence-corrected chi connectivity index (χ1v) is 8.03. The van der Waals surface area contributed by atoms with E-state index >= 15 is 0 Å². The first-order chi connectivity index (χ1) is 8.92. The van der Waals surface area contributed by atoms with Crippen molar-refractivity contribution in [2.24, 2.45) is 0 Å². The zero-order valence-electron chi connectivity index (χ0n) is 11.0. The van der Waals surface area contributed by atoms with Crippen molar-refractivity contribution in [3.05, 3.63) is 23.9 Å². The zero-order valence-corrected chi connectivity index (χ0v) is 11.9. The summed E-state index contributed by atoms with van der Waals surface area (Å²) in [6, 6.07) is 3.27. The van der Waals surface area contributed by atoms with Crippen LogP contribution in [0.25, 0.3) is 0 Å². The Bertz CT molecular complexity index is 511. The molecule has 0 saturated carbocycles. The second kappa shape index (κ2) is 7.08. The van der Waals surface area contributed by atoms with Crippen molar-refractivity contribution >= 4 is 21.6 Å². The number of aromatic nitrogens is 1. The molecule has 0 aliphatic carbocycles. The number of nitrogens with zero attached hydrogens (tertiary/aromatic N) is 1. The van der Waals surface area contributed by atoms with E-state index < -0.39 is 15.8 Å². The molecular formula is C12H18N2O4S. The second-order valence-electron chi connectivity index (χ2n) is 4.06. The van der Waals surface area contributed by atoms with E-state index in [4.69, 9.17) is 4.74 Å². The number of hydrogen-bond acceptors (Lipinski definition) is 6. The number of anilines is 1. The summed E-state index contributed by atoms with van der Waals surface area (Å²) in [6.07, 6.45) is 3.15. The molecule has 1 aromatic heterocycles. The summed E-state index contributed by atoms with van der Waals surface area (Å²) in [4.78, 5) is 15.4. The molecule has 0 radical (unpaired) electrons. The average molecular weight is 286 g/mol. The van der Waals surface area contributed by atoms with Gasteiger partial charge in [0.1, 0.15) is 15.7 Å². The fraction of sp³-hybridized carbons (Fsp3) is 0.500. The predicted molar refractivity (Wildman–Crippen MR) is 73.0 cm³/mol. The van der Waals surface area contributed by atoms with Crippen LogP contribution >= 0.6 is 0 Å². The van der Waals surface area contributed by atoms with Gasteiger partial charge in [-0.1, -0.05) is 0 Å². The third-order valence-electron chi connectivity index (χ3n) is 2.27. The summed E-state index contributed by atoms with van der Waals surface area (Å²) < 4.78 is 26.7. The van der Waals surface area contributed by atoms with E-state index in [1.54, 1.807) is 19.1 Å². The molecule has 1 aromatic rings. The summed E-state index contributed by atoms with van der Waals surface area (Å²) in [5.41, 5.74) is 0.392. The van der Waals surface area contributed by atoms with Crippen LogP contribution in [0.3, 0.4) is 0 Å². The first kappa shape index (κ1) is 15.4. The van der Waals surface area contributed by atoms with Crippen molar-refractivity contribution in [3.8, 4) is 0 Å². The quantitative estimate of drug-likeness (QED) is 0.597. The Morgan fingerprint density at radius 2 is 2.16 bits per heavy atom. The monoisotopic (exact) mass is 286 g/mol. The predicted octanol–water partition coefficient (Wildman–Crippen LogP) is 1.10. The van der Waals surface area contributed by atoms with Crippen LogP contribution in [0.2, 0.25) is 0 Å². The van der Waals surface area contributed by atoms with Crippen LogP contribution in [-0.4, -0.2) is 44.5 Å². The van der Waals surface area contributed by atoms with Gasteiger partial charge < -0.3 is 10.1 Å². The summed E-state index contributed by atoms with van der Waals surface area (Å²) >= 11 is 0. The van der Waals surface area contributed by atoms with E-state index in [1.807, 2.05) is 0 Å².